The summed E-state index contributed by atoms with van der Waals surface area (Å²) in [4.78, 5) is 23.3. The Morgan fingerprint density at radius 1 is 1.03 bits per heavy atom. The van der Waals surface area contributed by atoms with Gasteiger partial charge >= 0.3 is 0 Å². The number of benzene rings is 1. The molecule has 3 aromatic rings. The number of likely N-dealkylation sites (tertiary alicyclic amines) is 1. The minimum absolute atomic E-state index is 0.00228. The number of aromatic nitrogens is 3. The Balaban J connectivity index is 1.48. The summed E-state index contributed by atoms with van der Waals surface area (Å²) >= 11 is 0. The van der Waals surface area contributed by atoms with Crippen LogP contribution in [-0.4, -0.2) is 58.8 Å². The normalized spacial score (nSPS) is 13.5. The van der Waals surface area contributed by atoms with Crippen molar-refractivity contribution in [1.29, 1.82) is 0 Å². The minimum Gasteiger partial charge on any atom is -0.490 e. The second kappa shape index (κ2) is 9.67. The molecule has 32 heavy (non-hydrogen) atoms. The average molecular weight is 438 g/mol. The molecule has 0 spiro atoms. The highest BCUT2D eigenvalue weighted by Crippen LogP contribution is 2.40. The smallest absolute Gasteiger partial charge is 0.254 e. The van der Waals surface area contributed by atoms with Gasteiger partial charge in [-0.1, -0.05) is 5.16 Å². The Morgan fingerprint density at radius 3 is 2.25 bits per heavy atom. The van der Waals surface area contributed by atoms with Gasteiger partial charge in [-0.15, -0.1) is 0 Å². The number of amides is 1. The van der Waals surface area contributed by atoms with Crippen LogP contribution in [0.15, 0.2) is 41.2 Å². The molecule has 9 nitrogen and oxygen atoms in total. The first-order valence-electron chi connectivity index (χ1n) is 10.7. The molecule has 1 aromatic carbocycles. The van der Waals surface area contributed by atoms with Gasteiger partial charge in [0.05, 0.1) is 25.7 Å². The molecular weight excluding hydrogens is 412 g/mol. The first-order valence-corrected chi connectivity index (χ1v) is 10.7. The van der Waals surface area contributed by atoms with Crippen LogP contribution in [0.5, 0.6) is 17.2 Å². The molecule has 0 aliphatic carbocycles. The SMILES string of the molecule is CCOc1cc(C(=O)N2CC(c3nc(-c4ccncc4)no3)C2)cc(OCC)c1OCC. The van der Waals surface area contributed by atoms with E-state index >= 15 is 0 Å². The number of carbonyl (C=O) groups is 1. The van der Waals surface area contributed by atoms with Gasteiger partial charge in [-0.05, 0) is 45.0 Å². The predicted molar refractivity (Wildman–Crippen MR) is 116 cm³/mol. The molecule has 1 saturated heterocycles. The summed E-state index contributed by atoms with van der Waals surface area (Å²) in [6, 6.07) is 7.06. The van der Waals surface area contributed by atoms with Crippen molar-refractivity contribution in [3.63, 3.8) is 0 Å². The monoisotopic (exact) mass is 438 g/mol. The Kier molecular flexibility index (Phi) is 6.53. The Morgan fingerprint density at radius 2 is 1.66 bits per heavy atom. The summed E-state index contributed by atoms with van der Waals surface area (Å²) in [6.45, 7) is 8.02. The lowest BCUT2D eigenvalue weighted by Gasteiger charge is -2.37. The number of ether oxygens (including phenoxy) is 3. The maximum Gasteiger partial charge on any atom is 0.254 e. The molecule has 0 bridgehead atoms. The van der Waals surface area contributed by atoms with Crippen LogP contribution in [-0.2, 0) is 0 Å². The lowest BCUT2D eigenvalue weighted by molar-refractivity contribution is 0.0568. The van der Waals surface area contributed by atoms with Crippen molar-refractivity contribution < 1.29 is 23.5 Å². The molecule has 0 atom stereocenters. The molecule has 0 radical (unpaired) electrons. The van der Waals surface area contributed by atoms with E-state index in [1.807, 2.05) is 32.9 Å². The van der Waals surface area contributed by atoms with E-state index < -0.39 is 0 Å². The van der Waals surface area contributed by atoms with Gasteiger partial charge in [0.1, 0.15) is 0 Å². The van der Waals surface area contributed by atoms with Crippen molar-refractivity contribution in [2.75, 3.05) is 32.9 Å². The third-order valence-corrected chi connectivity index (χ3v) is 5.05. The molecule has 0 saturated carbocycles. The van der Waals surface area contributed by atoms with Crippen LogP contribution >= 0.6 is 0 Å². The van der Waals surface area contributed by atoms with E-state index in [0.29, 0.717) is 67.4 Å². The van der Waals surface area contributed by atoms with Gasteiger partial charge in [0.25, 0.3) is 5.91 Å². The van der Waals surface area contributed by atoms with E-state index in [-0.39, 0.29) is 11.8 Å². The molecule has 1 fully saturated rings. The van der Waals surface area contributed by atoms with E-state index in [1.165, 1.54) is 0 Å². The summed E-state index contributed by atoms with van der Waals surface area (Å²) in [5, 5.41) is 4.04. The Bertz CT molecular complexity index is 1040. The van der Waals surface area contributed by atoms with Crippen molar-refractivity contribution in [3.05, 3.63) is 48.1 Å². The highest BCUT2D eigenvalue weighted by Gasteiger charge is 2.36. The molecule has 4 rings (SSSR count). The van der Waals surface area contributed by atoms with E-state index in [1.54, 1.807) is 29.4 Å². The van der Waals surface area contributed by atoms with Crippen LogP contribution in [0, 0.1) is 0 Å². The number of carbonyl (C=O) groups excluding carboxylic acids is 1. The zero-order valence-electron chi connectivity index (χ0n) is 18.4. The van der Waals surface area contributed by atoms with Crippen LogP contribution in [0.25, 0.3) is 11.4 Å². The fraction of sp³-hybridized carbons (Fsp3) is 0.391. The molecule has 9 heteroatoms. The molecule has 3 heterocycles. The standard InChI is InChI=1S/C23H26N4O5/c1-4-29-18-11-16(12-19(30-5-2)20(18)31-6-3)23(28)27-13-17(14-27)22-25-21(26-32-22)15-7-9-24-10-8-15/h7-12,17H,4-6,13-14H2,1-3H3. The van der Waals surface area contributed by atoms with Gasteiger partial charge in [-0.2, -0.15) is 4.98 Å². The van der Waals surface area contributed by atoms with E-state index in [9.17, 15) is 4.79 Å². The largest absolute Gasteiger partial charge is 0.490 e. The molecule has 168 valence electrons. The Labute approximate surface area is 186 Å². The zero-order valence-corrected chi connectivity index (χ0v) is 18.4. The molecule has 2 aromatic heterocycles. The second-order valence-corrected chi connectivity index (χ2v) is 7.20. The van der Waals surface area contributed by atoms with Gasteiger partial charge in [-0.3, -0.25) is 9.78 Å². The number of rotatable bonds is 9. The predicted octanol–water partition coefficient (Wildman–Crippen LogP) is 3.57. The number of hydrogen-bond donors (Lipinski definition) is 0. The van der Waals surface area contributed by atoms with Gasteiger partial charge < -0.3 is 23.6 Å². The maximum atomic E-state index is 13.1. The first-order chi connectivity index (χ1) is 15.6. The molecule has 0 unspecified atom stereocenters. The topological polar surface area (TPSA) is 99.8 Å². The van der Waals surface area contributed by atoms with E-state index in [4.69, 9.17) is 18.7 Å². The molecular formula is C23H26N4O5. The molecule has 0 N–H and O–H groups in total. The average Bonchev–Trinajstić information content (AvgIpc) is 3.25. The Hall–Kier alpha value is -3.62. The van der Waals surface area contributed by atoms with Gasteiger partial charge in [0.2, 0.25) is 17.5 Å². The van der Waals surface area contributed by atoms with Crippen molar-refractivity contribution in [3.8, 4) is 28.6 Å². The number of pyridine rings is 1. The van der Waals surface area contributed by atoms with Crippen LogP contribution in [0.2, 0.25) is 0 Å². The lowest BCUT2D eigenvalue weighted by Crippen LogP contribution is -2.48. The van der Waals surface area contributed by atoms with E-state index in [2.05, 4.69) is 15.1 Å². The van der Waals surface area contributed by atoms with Crippen LogP contribution in [0.1, 0.15) is 42.9 Å². The highest BCUT2D eigenvalue weighted by atomic mass is 16.5. The van der Waals surface area contributed by atoms with Gasteiger partial charge in [-0.25, -0.2) is 0 Å². The summed E-state index contributed by atoms with van der Waals surface area (Å²) in [5.41, 5.74) is 1.32. The number of nitrogens with zero attached hydrogens (tertiary/aromatic N) is 4. The van der Waals surface area contributed by atoms with Crippen molar-refractivity contribution in [2.45, 2.75) is 26.7 Å². The summed E-state index contributed by atoms with van der Waals surface area (Å²) < 4.78 is 22.6. The minimum atomic E-state index is -0.111. The zero-order chi connectivity index (χ0) is 22.5. The fourth-order valence-electron chi connectivity index (χ4n) is 3.51. The quantitative estimate of drug-likeness (QED) is 0.500. The van der Waals surface area contributed by atoms with Crippen LogP contribution < -0.4 is 14.2 Å². The van der Waals surface area contributed by atoms with Gasteiger partial charge in [0.15, 0.2) is 11.5 Å². The first kappa shape index (κ1) is 21.6. The highest BCUT2D eigenvalue weighted by molar-refractivity contribution is 5.96. The molecule has 1 aliphatic heterocycles. The fourth-order valence-corrected chi connectivity index (χ4v) is 3.51. The summed E-state index contributed by atoms with van der Waals surface area (Å²) in [5.74, 6) is 2.45. The van der Waals surface area contributed by atoms with Crippen molar-refractivity contribution in [2.24, 2.45) is 0 Å². The second-order valence-electron chi connectivity index (χ2n) is 7.20. The van der Waals surface area contributed by atoms with Crippen LogP contribution in [0.4, 0.5) is 0 Å². The van der Waals surface area contributed by atoms with E-state index in [0.717, 1.165) is 5.56 Å². The lowest BCUT2D eigenvalue weighted by atomic mass is 9.98. The van der Waals surface area contributed by atoms with Crippen molar-refractivity contribution >= 4 is 5.91 Å². The van der Waals surface area contributed by atoms with Crippen LogP contribution in [0.3, 0.4) is 0 Å². The summed E-state index contributed by atoms with van der Waals surface area (Å²) in [7, 11) is 0. The third-order valence-electron chi connectivity index (χ3n) is 5.05. The van der Waals surface area contributed by atoms with Gasteiger partial charge in [0, 0.05) is 36.6 Å². The molecule has 1 aliphatic rings. The third kappa shape index (κ3) is 4.37. The maximum absolute atomic E-state index is 13.1. The number of hydrogen-bond acceptors (Lipinski definition) is 8. The van der Waals surface area contributed by atoms with Crippen molar-refractivity contribution in [1.82, 2.24) is 20.0 Å². The molecule has 1 amide bonds. The summed E-state index contributed by atoms with van der Waals surface area (Å²) in [6.07, 6.45) is 3.36.